The van der Waals surface area contributed by atoms with Crippen LogP contribution < -0.4 is 0 Å². The number of carbonyl (C=O) groups excluding carboxylic acids is 1. The number of sulfonamides is 1. The summed E-state index contributed by atoms with van der Waals surface area (Å²) in [5.74, 6) is -0.211. The molecule has 0 bridgehead atoms. The molecule has 0 aliphatic rings. The Bertz CT molecular complexity index is 549. The molecular formula is C13H20N2O3S. The monoisotopic (exact) mass is 284 g/mol. The van der Waals surface area contributed by atoms with Crippen LogP contribution in [0.1, 0.15) is 24.2 Å². The lowest BCUT2D eigenvalue weighted by atomic mass is 10.2. The van der Waals surface area contributed by atoms with Crippen LogP contribution in [-0.4, -0.2) is 50.7 Å². The zero-order chi connectivity index (χ0) is 14.6. The Morgan fingerprint density at radius 2 is 1.74 bits per heavy atom. The maximum absolute atomic E-state index is 12.3. The standard InChI is InChI=1S/C13H20N2O3S/c1-5-15(6-2)19(17,18)12-9-7-8-11(10-12)13(16)14(3)4/h7-10H,5-6H2,1-4H3. The maximum atomic E-state index is 12.3. The third kappa shape index (κ3) is 3.33. The highest BCUT2D eigenvalue weighted by Gasteiger charge is 2.22. The second-order valence-corrected chi connectivity index (χ2v) is 6.25. The van der Waals surface area contributed by atoms with Crippen molar-refractivity contribution in [1.82, 2.24) is 9.21 Å². The van der Waals surface area contributed by atoms with Gasteiger partial charge in [-0.05, 0) is 18.2 Å². The van der Waals surface area contributed by atoms with E-state index in [1.54, 1.807) is 40.1 Å². The molecule has 0 saturated heterocycles. The van der Waals surface area contributed by atoms with Crippen LogP contribution in [0, 0.1) is 0 Å². The largest absolute Gasteiger partial charge is 0.345 e. The summed E-state index contributed by atoms with van der Waals surface area (Å²) >= 11 is 0. The van der Waals surface area contributed by atoms with Gasteiger partial charge in [0.25, 0.3) is 5.91 Å². The summed E-state index contributed by atoms with van der Waals surface area (Å²) in [6, 6.07) is 6.15. The summed E-state index contributed by atoms with van der Waals surface area (Å²) in [6.45, 7) is 4.39. The van der Waals surface area contributed by atoms with Crippen molar-refractivity contribution in [3.63, 3.8) is 0 Å². The second-order valence-electron chi connectivity index (χ2n) is 4.32. The average molecular weight is 284 g/mol. The van der Waals surface area contributed by atoms with Crippen LogP contribution in [0.2, 0.25) is 0 Å². The summed E-state index contributed by atoms with van der Waals surface area (Å²) in [4.78, 5) is 13.4. The molecule has 0 aromatic heterocycles. The van der Waals surface area contributed by atoms with Crippen LogP contribution in [0.25, 0.3) is 0 Å². The topological polar surface area (TPSA) is 57.7 Å². The third-order valence-corrected chi connectivity index (χ3v) is 4.88. The molecule has 5 nitrogen and oxygen atoms in total. The molecule has 0 radical (unpaired) electrons. The van der Waals surface area contributed by atoms with Crippen LogP contribution in [0.4, 0.5) is 0 Å². The van der Waals surface area contributed by atoms with Crippen molar-refractivity contribution < 1.29 is 13.2 Å². The van der Waals surface area contributed by atoms with Crippen molar-refractivity contribution in [3.8, 4) is 0 Å². The van der Waals surface area contributed by atoms with Gasteiger partial charge in [0, 0.05) is 32.7 Å². The van der Waals surface area contributed by atoms with E-state index >= 15 is 0 Å². The number of benzene rings is 1. The van der Waals surface area contributed by atoms with E-state index in [1.807, 2.05) is 0 Å². The summed E-state index contributed by atoms with van der Waals surface area (Å²) in [5, 5.41) is 0. The van der Waals surface area contributed by atoms with Crippen molar-refractivity contribution in [2.75, 3.05) is 27.2 Å². The van der Waals surface area contributed by atoms with Crippen molar-refractivity contribution in [1.29, 1.82) is 0 Å². The number of carbonyl (C=O) groups is 1. The molecule has 0 N–H and O–H groups in total. The first-order valence-electron chi connectivity index (χ1n) is 6.16. The first-order valence-corrected chi connectivity index (χ1v) is 7.60. The maximum Gasteiger partial charge on any atom is 0.253 e. The molecule has 1 rings (SSSR count). The van der Waals surface area contributed by atoms with Gasteiger partial charge in [0.1, 0.15) is 0 Å². The normalized spacial score (nSPS) is 11.6. The highest BCUT2D eigenvalue weighted by Crippen LogP contribution is 2.17. The first kappa shape index (κ1) is 15.7. The summed E-state index contributed by atoms with van der Waals surface area (Å²) in [7, 11) is -0.255. The Hall–Kier alpha value is -1.40. The molecule has 0 saturated carbocycles. The molecule has 0 aliphatic carbocycles. The Kier molecular flexibility index (Phi) is 5.08. The van der Waals surface area contributed by atoms with Crippen LogP contribution in [0.15, 0.2) is 29.2 Å². The van der Waals surface area contributed by atoms with Crippen LogP contribution in [0.3, 0.4) is 0 Å². The quantitative estimate of drug-likeness (QED) is 0.821. The molecule has 106 valence electrons. The van der Waals surface area contributed by atoms with Gasteiger partial charge in [0.15, 0.2) is 0 Å². The predicted octanol–water partition coefficient (Wildman–Crippen LogP) is 1.42. The fourth-order valence-corrected chi connectivity index (χ4v) is 3.26. The zero-order valence-corrected chi connectivity index (χ0v) is 12.6. The van der Waals surface area contributed by atoms with Crippen molar-refractivity contribution in [2.24, 2.45) is 0 Å². The van der Waals surface area contributed by atoms with Gasteiger partial charge in [-0.3, -0.25) is 4.79 Å². The number of amides is 1. The molecule has 1 aromatic rings. The van der Waals surface area contributed by atoms with Crippen molar-refractivity contribution in [2.45, 2.75) is 18.7 Å². The highest BCUT2D eigenvalue weighted by molar-refractivity contribution is 7.89. The van der Waals surface area contributed by atoms with Crippen LogP contribution in [0.5, 0.6) is 0 Å². The fourth-order valence-electron chi connectivity index (χ4n) is 1.76. The minimum Gasteiger partial charge on any atom is -0.345 e. The van der Waals surface area contributed by atoms with E-state index in [-0.39, 0.29) is 10.8 Å². The van der Waals surface area contributed by atoms with Gasteiger partial charge in [0.2, 0.25) is 10.0 Å². The van der Waals surface area contributed by atoms with Gasteiger partial charge in [0.05, 0.1) is 4.90 Å². The zero-order valence-electron chi connectivity index (χ0n) is 11.8. The highest BCUT2D eigenvalue weighted by atomic mass is 32.2. The molecular weight excluding hydrogens is 264 g/mol. The van der Waals surface area contributed by atoms with Crippen LogP contribution >= 0.6 is 0 Å². The smallest absolute Gasteiger partial charge is 0.253 e. The van der Waals surface area contributed by atoms with E-state index in [9.17, 15) is 13.2 Å². The van der Waals surface area contributed by atoms with Gasteiger partial charge < -0.3 is 4.90 Å². The lowest BCUT2D eigenvalue weighted by molar-refractivity contribution is 0.0827. The molecule has 0 unspecified atom stereocenters. The molecule has 0 atom stereocenters. The number of hydrogen-bond donors (Lipinski definition) is 0. The lowest BCUT2D eigenvalue weighted by Crippen LogP contribution is -2.31. The van der Waals surface area contributed by atoms with E-state index in [4.69, 9.17) is 0 Å². The molecule has 0 aliphatic heterocycles. The van der Waals surface area contributed by atoms with E-state index in [1.165, 1.54) is 21.3 Å². The van der Waals surface area contributed by atoms with Gasteiger partial charge in [-0.25, -0.2) is 8.42 Å². The summed E-state index contributed by atoms with van der Waals surface area (Å²) in [6.07, 6.45) is 0. The summed E-state index contributed by atoms with van der Waals surface area (Å²) in [5.41, 5.74) is 0.373. The minimum atomic E-state index is -3.52. The number of nitrogens with zero attached hydrogens (tertiary/aromatic N) is 2. The second kappa shape index (κ2) is 6.16. The van der Waals surface area contributed by atoms with Gasteiger partial charge in [-0.1, -0.05) is 19.9 Å². The average Bonchev–Trinajstić information content (AvgIpc) is 2.39. The third-order valence-electron chi connectivity index (χ3n) is 2.83. The molecule has 1 aromatic carbocycles. The van der Waals surface area contributed by atoms with E-state index < -0.39 is 10.0 Å². The molecule has 0 spiro atoms. The Morgan fingerprint density at radius 3 is 2.21 bits per heavy atom. The molecule has 19 heavy (non-hydrogen) atoms. The Morgan fingerprint density at radius 1 is 1.16 bits per heavy atom. The van der Waals surface area contributed by atoms with Crippen molar-refractivity contribution in [3.05, 3.63) is 29.8 Å². The van der Waals surface area contributed by atoms with Gasteiger partial charge in [-0.15, -0.1) is 0 Å². The molecule has 6 heteroatoms. The molecule has 0 heterocycles. The SMILES string of the molecule is CCN(CC)S(=O)(=O)c1cccc(C(=O)N(C)C)c1. The lowest BCUT2D eigenvalue weighted by Gasteiger charge is -2.19. The van der Waals surface area contributed by atoms with Gasteiger partial charge in [-0.2, -0.15) is 4.31 Å². The molecule has 0 fully saturated rings. The van der Waals surface area contributed by atoms with E-state index in [2.05, 4.69) is 0 Å². The van der Waals surface area contributed by atoms with Crippen LogP contribution in [-0.2, 0) is 10.0 Å². The minimum absolute atomic E-state index is 0.156. The van der Waals surface area contributed by atoms with Gasteiger partial charge >= 0.3 is 0 Å². The number of hydrogen-bond acceptors (Lipinski definition) is 3. The van der Waals surface area contributed by atoms with E-state index in [0.717, 1.165) is 0 Å². The van der Waals surface area contributed by atoms with E-state index in [0.29, 0.717) is 18.7 Å². The number of rotatable bonds is 5. The summed E-state index contributed by atoms with van der Waals surface area (Å²) < 4.78 is 26.0. The first-order chi connectivity index (χ1) is 8.84. The molecule has 1 amide bonds. The Labute approximate surface area is 114 Å². The Balaban J connectivity index is 3.23. The van der Waals surface area contributed by atoms with Crippen molar-refractivity contribution >= 4 is 15.9 Å². The fraction of sp³-hybridized carbons (Fsp3) is 0.462. The predicted molar refractivity (Wildman–Crippen MR) is 74.6 cm³/mol.